The lowest BCUT2D eigenvalue weighted by atomic mass is 9.80. The molecule has 6 atom stereocenters. The van der Waals surface area contributed by atoms with Gasteiger partial charge in [0, 0.05) is 6.42 Å². The summed E-state index contributed by atoms with van der Waals surface area (Å²) in [5.41, 5.74) is 1.21. The Morgan fingerprint density at radius 3 is 2.59 bits per heavy atom. The molecule has 0 amide bonds. The summed E-state index contributed by atoms with van der Waals surface area (Å²) in [7, 11) is 0. The van der Waals surface area contributed by atoms with Gasteiger partial charge in [0.05, 0.1) is 18.3 Å². The van der Waals surface area contributed by atoms with Crippen molar-refractivity contribution in [3.8, 4) is 0 Å². The van der Waals surface area contributed by atoms with Crippen molar-refractivity contribution in [1.29, 1.82) is 0 Å². The minimum atomic E-state index is -0.785. The molecule has 1 aromatic carbocycles. The Morgan fingerprint density at radius 2 is 1.90 bits per heavy atom. The molecule has 0 aliphatic heterocycles. The van der Waals surface area contributed by atoms with Gasteiger partial charge in [-0.15, -0.1) is 0 Å². The van der Waals surface area contributed by atoms with Gasteiger partial charge in [-0.2, -0.15) is 0 Å². The number of hydrogen-bond donors (Lipinski definition) is 4. The van der Waals surface area contributed by atoms with Crippen LogP contribution in [-0.4, -0.2) is 44.7 Å². The van der Waals surface area contributed by atoms with Gasteiger partial charge in [0.2, 0.25) is 0 Å². The van der Waals surface area contributed by atoms with Crippen molar-refractivity contribution < 1.29 is 25.2 Å². The Labute approximate surface area is 174 Å². The first-order valence-electron chi connectivity index (χ1n) is 10.8. The van der Waals surface area contributed by atoms with Crippen LogP contribution in [0.15, 0.2) is 42.5 Å². The van der Waals surface area contributed by atoms with Gasteiger partial charge in [-0.3, -0.25) is 4.79 Å². The Hall–Kier alpha value is -1.69. The highest BCUT2D eigenvalue weighted by atomic mass is 16.4. The zero-order valence-corrected chi connectivity index (χ0v) is 17.4. The van der Waals surface area contributed by atoms with Gasteiger partial charge in [-0.25, -0.2) is 0 Å². The third kappa shape index (κ3) is 7.92. The highest BCUT2D eigenvalue weighted by molar-refractivity contribution is 5.66. The smallest absolute Gasteiger partial charge is 0.303 e. The van der Waals surface area contributed by atoms with E-state index >= 15 is 0 Å². The minimum absolute atomic E-state index is 0.0324. The normalized spacial score (nSPS) is 26.6. The molecule has 29 heavy (non-hydrogen) atoms. The number of carboxylic acid groups (broad SMARTS) is 1. The molecule has 0 aromatic heterocycles. The SMILES string of the molecule is C[C@@H](/C=C\CCCC(=O)O)[C@@H]1[C@@H](CC[C@@H](O)CCc2ccccc2)[C@H](O)C[C@@H]1O. The van der Waals surface area contributed by atoms with Gasteiger partial charge < -0.3 is 20.4 Å². The summed E-state index contributed by atoms with van der Waals surface area (Å²) in [6.07, 6.45) is 7.19. The average molecular weight is 405 g/mol. The fourth-order valence-corrected chi connectivity index (χ4v) is 4.56. The van der Waals surface area contributed by atoms with Gasteiger partial charge in [0.1, 0.15) is 0 Å². The molecule has 1 saturated carbocycles. The lowest BCUT2D eigenvalue weighted by Gasteiger charge is -2.28. The molecule has 1 fully saturated rings. The molecule has 0 radical (unpaired) electrons. The number of unbranched alkanes of at least 4 members (excludes halogenated alkanes) is 1. The van der Waals surface area contributed by atoms with Crippen LogP contribution in [-0.2, 0) is 11.2 Å². The van der Waals surface area contributed by atoms with Gasteiger partial charge in [-0.05, 0) is 68.3 Å². The molecular formula is C24H36O5. The molecule has 2 rings (SSSR count). The maximum absolute atomic E-state index is 10.6. The second-order valence-electron chi connectivity index (χ2n) is 8.44. The first kappa shape index (κ1) is 23.6. The first-order valence-corrected chi connectivity index (χ1v) is 10.8. The maximum Gasteiger partial charge on any atom is 0.303 e. The van der Waals surface area contributed by atoms with E-state index in [9.17, 15) is 20.1 Å². The van der Waals surface area contributed by atoms with E-state index in [1.165, 1.54) is 5.56 Å². The minimum Gasteiger partial charge on any atom is -0.481 e. The molecule has 1 aliphatic rings. The van der Waals surface area contributed by atoms with Crippen LogP contribution in [0.3, 0.4) is 0 Å². The molecule has 0 unspecified atom stereocenters. The van der Waals surface area contributed by atoms with E-state index in [4.69, 9.17) is 5.11 Å². The van der Waals surface area contributed by atoms with Crippen molar-refractivity contribution in [2.45, 2.75) is 76.6 Å². The number of carbonyl (C=O) groups is 1. The summed E-state index contributed by atoms with van der Waals surface area (Å²) < 4.78 is 0. The largest absolute Gasteiger partial charge is 0.481 e. The van der Waals surface area contributed by atoms with Gasteiger partial charge in [-0.1, -0.05) is 49.4 Å². The van der Waals surface area contributed by atoms with Crippen LogP contribution in [0.25, 0.3) is 0 Å². The van der Waals surface area contributed by atoms with E-state index in [0.29, 0.717) is 38.5 Å². The van der Waals surface area contributed by atoms with E-state index in [0.717, 1.165) is 6.42 Å². The van der Waals surface area contributed by atoms with Crippen LogP contribution in [0.2, 0.25) is 0 Å². The molecule has 5 nitrogen and oxygen atoms in total. The van der Waals surface area contributed by atoms with Crippen molar-refractivity contribution in [2.75, 3.05) is 0 Å². The van der Waals surface area contributed by atoms with E-state index in [1.54, 1.807) is 0 Å². The Balaban J connectivity index is 1.81. The monoisotopic (exact) mass is 404 g/mol. The second kappa shape index (κ2) is 12.1. The summed E-state index contributed by atoms with van der Waals surface area (Å²) in [5, 5.41) is 40.0. The molecule has 0 saturated heterocycles. The van der Waals surface area contributed by atoms with E-state index in [2.05, 4.69) is 12.1 Å². The van der Waals surface area contributed by atoms with Crippen molar-refractivity contribution in [3.05, 3.63) is 48.0 Å². The number of benzene rings is 1. The lowest BCUT2D eigenvalue weighted by molar-refractivity contribution is -0.137. The second-order valence-corrected chi connectivity index (χ2v) is 8.44. The Bertz CT molecular complexity index is 629. The summed E-state index contributed by atoms with van der Waals surface area (Å²) in [4.78, 5) is 10.6. The zero-order chi connectivity index (χ0) is 21.2. The third-order valence-electron chi connectivity index (χ3n) is 6.17. The number of rotatable bonds is 12. The quantitative estimate of drug-likeness (QED) is 0.315. The predicted octanol–water partition coefficient (Wildman–Crippen LogP) is 3.57. The third-order valence-corrected chi connectivity index (χ3v) is 6.17. The van der Waals surface area contributed by atoms with E-state index in [-0.39, 0.29) is 24.2 Å². The number of hydrogen-bond acceptors (Lipinski definition) is 4. The zero-order valence-electron chi connectivity index (χ0n) is 17.4. The summed E-state index contributed by atoms with van der Waals surface area (Å²) in [6.45, 7) is 2.04. The highest BCUT2D eigenvalue weighted by Crippen LogP contribution is 2.41. The number of aliphatic hydroxyl groups is 3. The maximum atomic E-state index is 10.6. The number of allylic oxidation sites excluding steroid dienone is 2. The molecular weight excluding hydrogens is 368 g/mol. The molecule has 0 bridgehead atoms. The topological polar surface area (TPSA) is 98.0 Å². The molecule has 162 valence electrons. The Morgan fingerprint density at radius 1 is 1.17 bits per heavy atom. The van der Waals surface area contributed by atoms with Crippen LogP contribution >= 0.6 is 0 Å². The lowest BCUT2D eigenvalue weighted by Crippen LogP contribution is -2.28. The molecule has 5 heteroatoms. The van der Waals surface area contributed by atoms with Gasteiger partial charge >= 0.3 is 5.97 Å². The first-order chi connectivity index (χ1) is 13.9. The average Bonchev–Trinajstić information content (AvgIpc) is 2.98. The van der Waals surface area contributed by atoms with Crippen LogP contribution < -0.4 is 0 Å². The standard InChI is InChI=1S/C24H36O5/c1-17(8-4-2-7-11-23(28)29)24-20(21(26)16-22(24)27)15-14-19(25)13-12-18-9-5-3-6-10-18/h3-6,8-10,17,19-22,24-27H,2,7,11-16H2,1H3,(H,28,29)/b8-4-/t17-,19-,20-,21+,22-,24+/m0/s1. The number of aryl methyl sites for hydroxylation is 1. The van der Waals surface area contributed by atoms with Crippen molar-refractivity contribution in [1.82, 2.24) is 0 Å². The van der Waals surface area contributed by atoms with E-state index in [1.807, 2.05) is 37.3 Å². The van der Waals surface area contributed by atoms with Gasteiger partial charge in [0.15, 0.2) is 0 Å². The van der Waals surface area contributed by atoms with Crippen LogP contribution in [0, 0.1) is 17.8 Å². The summed E-state index contributed by atoms with van der Waals surface area (Å²) >= 11 is 0. The molecule has 4 N–H and O–H groups in total. The number of carboxylic acids is 1. The molecule has 1 aliphatic carbocycles. The van der Waals surface area contributed by atoms with Crippen LogP contribution in [0.4, 0.5) is 0 Å². The van der Waals surface area contributed by atoms with Crippen molar-refractivity contribution in [2.24, 2.45) is 17.8 Å². The fraction of sp³-hybridized carbons (Fsp3) is 0.625. The Kier molecular flexibility index (Phi) is 9.85. The summed E-state index contributed by atoms with van der Waals surface area (Å²) in [5.74, 6) is -0.762. The number of aliphatic hydroxyl groups excluding tert-OH is 3. The molecule has 0 heterocycles. The fourth-order valence-electron chi connectivity index (χ4n) is 4.56. The van der Waals surface area contributed by atoms with Crippen LogP contribution in [0.5, 0.6) is 0 Å². The highest BCUT2D eigenvalue weighted by Gasteiger charge is 2.43. The van der Waals surface area contributed by atoms with E-state index < -0.39 is 24.3 Å². The molecule has 0 spiro atoms. The van der Waals surface area contributed by atoms with Gasteiger partial charge in [0.25, 0.3) is 0 Å². The molecule has 1 aromatic rings. The summed E-state index contributed by atoms with van der Waals surface area (Å²) in [6, 6.07) is 10.1. The van der Waals surface area contributed by atoms with Crippen LogP contribution in [0.1, 0.15) is 57.4 Å². The van der Waals surface area contributed by atoms with Crippen molar-refractivity contribution in [3.63, 3.8) is 0 Å². The predicted molar refractivity (Wildman–Crippen MR) is 113 cm³/mol. The number of aliphatic carboxylic acids is 1. The van der Waals surface area contributed by atoms with Crippen molar-refractivity contribution >= 4 is 5.97 Å².